The summed E-state index contributed by atoms with van der Waals surface area (Å²) in [6.45, 7) is 4.59. The van der Waals surface area contributed by atoms with Gasteiger partial charge >= 0.3 is 5.97 Å². The van der Waals surface area contributed by atoms with E-state index in [9.17, 15) is 14.3 Å². The number of anilines is 1. The molecular formula is C14H17FN2O2. The van der Waals surface area contributed by atoms with Crippen LogP contribution in [0.1, 0.15) is 19.3 Å². The van der Waals surface area contributed by atoms with E-state index in [2.05, 4.69) is 11.6 Å². The Morgan fingerprint density at radius 1 is 1.68 bits per heavy atom. The van der Waals surface area contributed by atoms with E-state index in [1.807, 2.05) is 0 Å². The van der Waals surface area contributed by atoms with Crippen molar-refractivity contribution in [2.24, 2.45) is 5.41 Å². The SMILES string of the molecule is C=CC[C@@]1(C(=O)O)CCCN(c2ccncc2F)C1. The van der Waals surface area contributed by atoms with Gasteiger partial charge in [0.05, 0.1) is 17.3 Å². The summed E-state index contributed by atoms with van der Waals surface area (Å²) in [5.41, 5.74) is -0.445. The summed E-state index contributed by atoms with van der Waals surface area (Å²) in [6, 6.07) is 1.58. The van der Waals surface area contributed by atoms with Gasteiger partial charge in [-0.15, -0.1) is 6.58 Å². The maximum absolute atomic E-state index is 13.7. The quantitative estimate of drug-likeness (QED) is 0.849. The van der Waals surface area contributed by atoms with Crippen LogP contribution in [0.25, 0.3) is 0 Å². The summed E-state index contributed by atoms with van der Waals surface area (Å²) in [4.78, 5) is 17.1. The number of nitrogens with zero attached hydrogens (tertiary/aromatic N) is 2. The van der Waals surface area contributed by atoms with Crippen LogP contribution < -0.4 is 4.90 Å². The summed E-state index contributed by atoms with van der Waals surface area (Å²) in [5, 5.41) is 9.47. The Morgan fingerprint density at radius 3 is 3.11 bits per heavy atom. The van der Waals surface area contributed by atoms with Gasteiger partial charge in [-0.05, 0) is 25.3 Å². The fourth-order valence-corrected chi connectivity index (χ4v) is 2.67. The summed E-state index contributed by atoms with van der Waals surface area (Å²) in [7, 11) is 0. The molecule has 1 aliphatic rings. The van der Waals surface area contributed by atoms with Crippen molar-refractivity contribution in [1.82, 2.24) is 4.98 Å². The van der Waals surface area contributed by atoms with Gasteiger partial charge in [-0.2, -0.15) is 0 Å². The lowest BCUT2D eigenvalue weighted by Crippen LogP contribution is -2.48. The van der Waals surface area contributed by atoms with Gasteiger partial charge in [0.2, 0.25) is 0 Å². The van der Waals surface area contributed by atoms with Crippen LogP contribution >= 0.6 is 0 Å². The molecule has 0 unspecified atom stereocenters. The average molecular weight is 264 g/mol. The van der Waals surface area contributed by atoms with Crippen LogP contribution in [-0.4, -0.2) is 29.1 Å². The van der Waals surface area contributed by atoms with Crippen LogP contribution in [0.15, 0.2) is 31.1 Å². The first-order chi connectivity index (χ1) is 9.09. The second-order valence-electron chi connectivity index (χ2n) is 4.93. The number of halogens is 1. The van der Waals surface area contributed by atoms with Crippen molar-refractivity contribution in [2.45, 2.75) is 19.3 Å². The van der Waals surface area contributed by atoms with Crippen molar-refractivity contribution < 1.29 is 14.3 Å². The van der Waals surface area contributed by atoms with Crippen molar-refractivity contribution in [3.8, 4) is 0 Å². The summed E-state index contributed by atoms with van der Waals surface area (Å²) < 4.78 is 13.7. The van der Waals surface area contributed by atoms with Gasteiger partial charge < -0.3 is 10.0 Å². The molecule has 0 radical (unpaired) electrons. The van der Waals surface area contributed by atoms with Gasteiger partial charge in [-0.3, -0.25) is 9.78 Å². The molecule has 0 aromatic carbocycles. The lowest BCUT2D eigenvalue weighted by molar-refractivity contribution is -0.149. The third kappa shape index (κ3) is 2.59. The smallest absolute Gasteiger partial charge is 0.311 e. The number of hydrogen-bond acceptors (Lipinski definition) is 3. The molecule has 1 N–H and O–H groups in total. The third-order valence-corrected chi connectivity index (χ3v) is 3.66. The zero-order valence-corrected chi connectivity index (χ0v) is 10.7. The number of piperidine rings is 1. The van der Waals surface area contributed by atoms with Crippen LogP contribution in [-0.2, 0) is 4.79 Å². The highest BCUT2D eigenvalue weighted by molar-refractivity contribution is 5.76. The largest absolute Gasteiger partial charge is 0.481 e. The van der Waals surface area contributed by atoms with Crippen LogP contribution in [0.4, 0.5) is 10.1 Å². The summed E-state index contributed by atoms with van der Waals surface area (Å²) in [5.74, 6) is -1.26. The van der Waals surface area contributed by atoms with Gasteiger partial charge in [0.1, 0.15) is 0 Å². The number of carboxylic acids is 1. The highest BCUT2D eigenvalue weighted by Gasteiger charge is 2.41. The van der Waals surface area contributed by atoms with Crippen molar-refractivity contribution >= 4 is 11.7 Å². The minimum absolute atomic E-state index is 0.301. The first-order valence-electron chi connectivity index (χ1n) is 6.28. The van der Waals surface area contributed by atoms with Gasteiger partial charge in [0.25, 0.3) is 0 Å². The molecule has 1 saturated heterocycles. The molecule has 2 heterocycles. The number of rotatable bonds is 4. The Labute approximate surface area is 111 Å². The Hall–Kier alpha value is -1.91. The molecular weight excluding hydrogens is 247 g/mol. The molecule has 1 aromatic rings. The molecule has 4 nitrogen and oxygen atoms in total. The summed E-state index contributed by atoms with van der Waals surface area (Å²) >= 11 is 0. The summed E-state index contributed by atoms with van der Waals surface area (Å²) in [6.07, 6.45) is 6.01. The van der Waals surface area contributed by atoms with E-state index in [1.165, 1.54) is 6.20 Å². The second kappa shape index (κ2) is 5.38. The molecule has 0 bridgehead atoms. The molecule has 1 aliphatic heterocycles. The van der Waals surface area contributed by atoms with E-state index in [1.54, 1.807) is 17.0 Å². The van der Waals surface area contributed by atoms with Gasteiger partial charge in [0.15, 0.2) is 5.82 Å². The third-order valence-electron chi connectivity index (χ3n) is 3.66. The molecule has 0 saturated carbocycles. The highest BCUT2D eigenvalue weighted by Crippen LogP contribution is 2.36. The van der Waals surface area contributed by atoms with E-state index >= 15 is 0 Å². The monoisotopic (exact) mass is 264 g/mol. The van der Waals surface area contributed by atoms with Crippen molar-refractivity contribution in [1.29, 1.82) is 0 Å². The normalized spacial score (nSPS) is 23.1. The van der Waals surface area contributed by atoms with Crippen LogP contribution in [0.2, 0.25) is 0 Å². The van der Waals surface area contributed by atoms with E-state index in [0.29, 0.717) is 31.6 Å². The second-order valence-corrected chi connectivity index (χ2v) is 4.93. The van der Waals surface area contributed by atoms with Gasteiger partial charge in [-0.1, -0.05) is 6.08 Å². The Morgan fingerprint density at radius 2 is 2.47 bits per heavy atom. The van der Waals surface area contributed by atoms with E-state index in [-0.39, 0.29) is 0 Å². The number of aliphatic carboxylic acids is 1. The molecule has 0 aliphatic carbocycles. The van der Waals surface area contributed by atoms with Crippen LogP contribution in [0, 0.1) is 11.2 Å². The fraction of sp³-hybridized carbons (Fsp3) is 0.429. The van der Waals surface area contributed by atoms with E-state index in [4.69, 9.17) is 0 Å². The zero-order valence-electron chi connectivity index (χ0n) is 10.7. The highest BCUT2D eigenvalue weighted by atomic mass is 19.1. The van der Waals surface area contributed by atoms with Crippen molar-refractivity contribution in [3.05, 3.63) is 36.9 Å². The van der Waals surface area contributed by atoms with Crippen LogP contribution in [0.3, 0.4) is 0 Å². The Balaban J connectivity index is 2.28. The molecule has 2 rings (SSSR count). The first-order valence-corrected chi connectivity index (χ1v) is 6.28. The maximum atomic E-state index is 13.7. The lowest BCUT2D eigenvalue weighted by atomic mass is 9.77. The average Bonchev–Trinajstić information content (AvgIpc) is 2.39. The maximum Gasteiger partial charge on any atom is 0.311 e. The molecule has 0 spiro atoms. The van der Waals surface area contributed by atoms with Crippen LogP contribution in [0.5, 0.6) is 0 Å². The minimum atomic E-state index is -0.865. The van der Waals surface area contributed by atoms with Crippen molar-refractivity contribution in [2.75, 3.05) is 18.0 Å². The molecule has 1 fully saturated rings. The Kier molecular flexibility index (Phi) is 3.83. The molecule has 1 atom stereocenters. The number of pyridine rings is 1. The number of allylic oxidation sites excluding steroid dienone is 1. The van der Waals surface area contributed by atoms with E-state index in [0.717, 1.165) is 12.6 Å². The predicted octanol–water partition coefficient (Wildman–Crippen LogP) is 2.47. The number of aromatic nitrogens is 1. The topological polar surface area (TPSA) is 53.4 Å². The van der Waals surface area contributed by atoms with Gasteiger partial charge in [-0.25, -0.2) is 4.39 Å². The predicted molar refractivity (Wildman–Crippen MR) is 70.5 cm³/mol. The van der Waals surface area contributed by atoms with Crippen molar-refractivity contribution in [3.63, 3.8) is 0 Å². The molecule has 102 valence electrons. The molecule has 0 amide bonds. The minimum Gasteiger partial charge on any atom is -0.481 e. The zero-order chi connectivity index (χ0) is 13.9. The number of hydrogen-bond donors (Lipinski definition) is 1. The van der Waals surface area contributed by atoms with Gasteiger partial charge in [0, 0.05) is 19.3 Å². The standard InChI is InChI=1S/C14H17FN2O2/c1-2-5-14(13(18)19)6-3-8-17(10-14)12-4-7-16-9-11(12)15/h2,4,7,9H,1,3,5-6,8,10H2,(H,18,19)/t14-/m1/s1. The first kappa shape index (κ1) is 13.5. The molecule has 5 heteroatoms. The molecule has 1 aromatic heterocycles. The Bertz CT molecular complexity index is 492. The molecule has 19 heavy (non-hydrogen) atoms. The fourth-order valence-electron chi connectivity index (χ4n) is 2.67. The van der Waals surface area contributed by atoms with E-state index < -0.39 is 17.2 Å². The number of carboxylic acid groups (broad SMARTS) is 1. The number of carbonyl (C=O) groups is 1. The lowest BCUT2D eigenvalue weighted by Gasteiger charge is -2.40.